The molecule has 5 nitrogen and oxygen atoms in total. The predicted molar refractivity (Wildman–Crippen MR) is 72.7 cm³/mol. The van der Waals surface area contributed by atoms with Crippen LogP contribution in [0.1, 0.15) is 27.2 Å². The average Bonchev–Trinajstić information content (AvgIpc) is 2.26. The third kappa shape index (κ3) is 8.31. The summed E-state index contributed by atoms with van der Waals surface area (Å²) >= 11 is 0.970. The lowest BCUT2D eigenvalue weighted by Gasteiger charge is -2.14. The molecule has 0 radical (unpaired) electrons. The highest BCUT2D eigenvalue weighted by Crippen LogP contribution is 2.14. The monoisotopic (exact) mass is 286 g/mol. The summed E-state index contributed by atoms with van der Waals surface area (Å²) in [6.45, 7) is 7.48. The average molecular weight is 286 g/mol. The van der Waals surface area contributed by atoms with Crippen molar-refractivity contribution in [1.82, 2.24) is 0 Å². The summed E-state index contributed by atoms with van der Waals surface area (Å²) in [4.78, 5) is 44.9. The zero-order chi connectivity index (χ0) is 15.0. The van der Waals surface area contributed by atoms with Crippen molar-refractivity contribution < 1.29 is 23.9 Å². The van der Waals surface area contributed by atoms with Crippen molar-refractivity contribution in [3.8, 4) is 0 Å². The van der Waals surface area contributed by atoms with Crippen LogP contribution in [0.2, 0.25) is 0 Å². The van der Waals surface area contributed by atoms with E-state index < -0.39 is 11.9 Å². The van der Waals surface area contributed by atoms with Gasteiger partial charge in [-0.25, -0.2) is 4.79 Å². The van der Waals surface area contributed by atoms with Crippen molar-refractivity contribution in [2.45, 2.75) is 27.2 Å². The summed E-state index contributed by atoms with van der Waals surface area (Å²) in [5.41, 5.74) is 0.233. The molecule has 0 rings (SSSR count). The lowest BCUT2D eigenvalue weighted by molar-refractivity contribution is -0.141. The first-order chi connectivity index (χ1) is 8.73. The molecule has 0 aromatic heterocycles. The zero-order valence-corrected chi connectivity index (χ0v) is 12.2. The van der Waals surface area contributed by atoms with E-state index in [-0.39, 0.29) is 41.0 Å². The van der Waals surface area contributed by atoms with Crippen molar-refractivity contribution >= 4 is 34.4 Å². The molecule has 0 amide bonds. The molecular weight excluding hydrogens is 268 g/mol. The standard InChI is InChI=1S/C13H18O5S/c1-8(2)13(17)18-6-11(7-19-10(4)15)12(16)5-9(3)14/h11H,1,5-7H2,2-4H3. The van der Waals surface area contributed by atoms with Crippen LogP contribution in [0.15, 0.2) is 12.2 Å². The first kappa shape index (κ1) is 17.6. The van der Waals surface area contributed by atoms with Crippen molar-refractivity contribution in [2.24, 2.45) is 5.92 Å². The molecule has 1 atom stereocenters. The highest BCUT2D eigenvalue weighted by Gasteiger charge is 2.22. The molecule has 0 spiro atoms. The maximum atomic E-state index is 11.8. The van der Waals surface area contributed by atoms with Crippen LogP contribution >= 0.6 is 11.8 Å². The molecule has 0 saturated heterocycles. The van der Waals surface area contributed by atoms with Gasteiger partial charge in [0.1, 0.15) is 18.2 Å². The summed E-state index contributed by atoms with van der Waals surface area (Å²) in [6, 6.07) is 0. The van der Waals surface area contributed by atoms with Crippen LogP contribution in [0.4, 0.5) is 0 Å². The minimum Gasteiger partial charge on any atom is -0.462 e. The van der Waals surface area contributed by atoms with Gasteiger partial charge in [0.05, 0.1) is 12.3 Å². The highest BCUT2D eigenvalue weighted by atomic mass is 32.2. The van der Waals surface area contributed by atoms with Crippen LogP contribution in [0.25, 0.3) is 0 Å². The second kappa shape index (κ2) is 8.63. The summed E-state index contributed by atoms with van der Waals surface area (Å²) in [5, 5.41) is -0.133. The van der Waals surface area contributed by atoms with Crippen molar-refractivity contribution in [3.63, 3.8) is 0 Å². The minimum atomic E-state index is -0.652. The Kier molecular flexibility index (Phi) is 7.98. The van der Waals surface area contributed by atoms with Crippen LogP contribution < -0.4 is 0 Å². The van der Waals surface area contributed by atoms with Crippen LogP contribution in [0.3, 0.4) is 0 Å². The zero-order valence-electron chi connectivity index (χ0n) is 11.4. The number of hydrogen-bond acceptors (Lipinski definition) is 6. The molecule has 0 fully saturated rings. The molecule has 0 aromatic rings. The largest absolute Gasteiger partial charge is 0.462 e. The second-order valence-corrected chi connectivity index (χ2v) is 5.42. The number of ether oxygens (including phenoxy) is 1. The number of carbonyl (C=O) groups excluding carboxylic acids is 4. The Hall–Kier alpha value is -1.43. The molecule has 6 heteroatoms. The van der Waals surface area contributed by atoms with Gasteiger partial charge in [0, 0.05) is 18.2 Å². The van der Waals surface area contributed by atoms with Crippen molar-refractivity contribution in [2.75, 3.05) is 12.4 Å². The van der Waals surface area contributed by atoms with Gasteiger partial charge in [-0.05, 0) is 13.8 Å². The first-order valence-corrected chi connectivity index (χ1v) is 6.70. The Labute approximate surface area is 116 Å². The first-order valence-electron chi connectivity index (χ1n) is 5.72. The van der Waals surface area contributed by atoms with E-state index in [0.717, 1.165) is 11.8 Å². The molecule has 0 aliphatic heterocycles. The predicted octanol–water partition coefficient (Wildman–Crippen LogP) is 1.55. The maximum absolute atomic E-state index is 11.8. The highest BCUT2D eigenvalue weighted by molar-refractivity contribution is 8.13. The molecule has 0 aliphatic carbocycles. The van der Waals surface area contributed by atoms with Gasteiger partial charge < -0.3 is 4.74 Å². The van der Waals surface area contributed by atoms with Crippen LogP contribution in [0.5, 0.6) is 0 Å². The Balaban J connectivity index is 4.52. The second-order valence-electron chi connectivity index (χ2n) is 4.22. The van der Waals surface area contributed by atoms with Gasteiger partial charge >= 0.3 is 5.97 Å². The molecule has 0 N–H and O–H groups in total. The Morgan fingerprint density at radius 2 is 1.74 bits per heavy atom. The van der Waals surface area contributed by atoms with Crippen LogP contribution in [0, 0.1) is 5.92 Å². The Bertz CT molecular complexity index is 400. The maximum Gasteiger partial charge on any atom is 0.333 e. The van der Waals surface area contributed by atoms with Gasteiger partial charge in [-0.1, -0.05) is 18.3 Å². The van der Waals surface area contributed by atoms with E-state index in [1.807, 2.05) is 0 Å². The third-order valence-corrected chi connectivity index (χ3v) is 3.11. The van der Waals surface area contributed by atoms with Crippen molar-refractivity contribution in [1.29, 1.82) is 0 Å². The van der Waals surface area contributed by atoms with Gasteiger partial charge in [0.25, 0.3) is 0 Å². The fraction of sp³-hybridized carbons (Fsp3) is 0.538. The van der Waals surface area contributed by atoms with E-state index in [0.29, 0.717) is 0 Å². The number of esters is 1. The number of rotatable bonds is 8. The Morgan fingerprint density at radius 1 is 1.16 bits per heavy atom. The van der Waals surface area contributed by atoms with Crippen LogP contribution in [-0.4, -0.2) is 35.0 Å². The number of hydrogen-bond donors (Lipinski definition) is 0. The lowest BCUT2D eigenvalue weighted by Crippen LogP contribution is -2.26. The molecule has 0 aromatic carbocycles. The van der Waals surface area contributed by atoms with E-state index in [1.165, 1.54) is 20.8 Å². The topological polar surface area (TPSA) is 77.5 Å². The summed E-state index contributed by atoms with van der Waals surface area (Å²) in [7, 11) is 0. The number of ketones is 2. The van der Waals surface area contributed by atoms with E-state index in [9.17, 15) is 19.2 Å². The molecule has 1 unspecified atom stereocenters. The lowest BCUT2D eigenvalue weighted by atomic mass is 10.0. The smallest absolute Gasteiger partial charge is 0.333 e. The van der Waals surface area contributed by atoms with E-state index >= 15 is 0 Å². The number of carbonyl (C=O) groups is 4. The molecule has 0 aliphatic rings. The molecular formula is C13H18O5S. The molecule has 0 saturated carbocycles. The van der Waals surface area contributed by atoms with Gasteiger partial charge in [0.15, 0.2) is 5.12 Å². The summed E-state index contributed by atoms with van der Waals surface area (Å²) in [5.74, 6) is -1.62. The normalized spacial score (nSPS) is 11.5. The van der Waals surface area contributed by atoms with E-state index in [4.69, 9.17) is 4.74 Å². The fourth-order valence-electron chi connectivity index (χ4n) is 1.14. The molecule has 106 valence electrons. The summed E-state index contributed by atoms with van der Waals surface area (Å²) in [6.07, 6.45) is -0.215. The fourth-order valence-corrected chi connectivity index (χ4v) is 1.86. The molecule has 19 heavy (non-hydrogen) atoms. The van der Waals surface area contributed by atoms with Gasteiger partial charge in [-0.3, -0.25) is 14.4 Å². The summed E-state index contributed by atoms with van der Waals surface area (Å²) < 4.78 is 4.91. The quantitative estimate of drug-likeness (QED) is 0.383. The Morgan fingerprint density at radius 3 is 2.16 bits per heavy atom. The minimum absolute atomic E-state index is 0.133. The molecule has 0 bridgehead atoms. The van der Waals surface area contributed by atoms with Crippen LogP contribution in [-0.2, 0) is 23.9 Å². The van der Waals surface area contributed by atoms with Gasteiger partial charge in [-0.2, -0.15) is 0 Å². The molecule has 0 heterocycles. The third-order valence-electron chi connectivity index (χ3n) is 2.13. The van der Waals surface area contributed by atoms with Gasteiger partial charge in [0.2, 0.25) is 0 Å². The van der Waals surface area contributed by atoms with E-state index in [2.05, 4.69) is 6.58 Å². The number of Topliss-reactive ketones (excluding diaryl/α,β-unsaturated/α-hetero) is 2. The van der Waals surface area contributed by atoms with E-state index in [1.54, 1.807) is 0 Å². The van der Waals surface area contributed by atoms with Crippen molar-refractivity contribution in [3.05, 3.63) is 12.2 Å². The number of thioether (sulfide) groups is 1. The SMILES string of the molecule is C=C(C)C(=O)OCC(CSC(C)=O)C(=O)CC(C)=O. The van der Waals surface area contributed by atoms with Gasteiger partial charge in [-0.15, -0.1) is 0 Å².